The molecule has 0 unspecified atom stereocenters. The fraction of sp³-hybridized carbons (Fsp3) is 0.391. The van der Waals surface area contributed by atoms with Gasteiger partial charge in [-0.25, -0.2) is 0 Å². The number of phenols is 2. The second-order valence-electron chi connectivity index (χ2n) is 7.61. The summed E-state index contributed by atoms with van der Waals surface area (Å²) in [5.74, 6) is -0.415. The molecule has 0 aliphatic rings. The highest BCUT2D eigenvalue weighted by Gasteiger charge is 2.25. The smallest absolute Gasteiger partial charge is 0.167 e. The average Bonchev–Trinajstić information content (AvgIpc) is 2.53. The third-order valence-corrected chi connectivity index (χ3v) is 4.45. The van der Waals surface area contributed by atoms with Crippen molar-refractivity contribution in [2.24, 2.45) is 5.41 Å². The number of benzene rings is 1. The summed E-state index contributed by atoms with van der Waals surface area (Å²) >= 11 is 0. The molecule has 1 rings (SSSR count). The first-order valence-corrected chi connectivity index (χ1v) is 9.08. The SMILES string of the molecule is C=C[C@](C)(CCC=C(C)CC(=O)C=C(C)C)CC(=O)c1ccc(O)cc1O. The van der Waals surface area contributed by atoms with E-state index in [0.29, 0.717) is 12.8 Å². The Morgan fingerprint density at radius 2 is 1.85 bits per heavy atom. The van der Waals surface area contributed by atoms with Gasteiger partial charge in [-0.05, 0) is 57.2 Å². The third kappa shape index (κ3) is 7.65. The molecule has 4 heteroatoms. The molecule has 1 aromatic carbocycles. The normalized spacial score (nSPS) is 13.6. The number of allylic oxidation sites excluding steroid dienone is 5. The number of hydrogen-bond donors (Lipinski definition) is 2. The number of carbonyl (C=O) groups excluding carboxylic acids is 2. The summed E-state index contributed by atoms with van der Waals surface area (Å²) < 4.78 is 0. The average molecular weight is 370 g/mol. The standard InChI is InChI=1S/C23H30O4/c1-6-23(5,11-7-8-17(4)13-19(25)12-16(2)3)15-22(27)20-10-9-18(24)14-21(20)26/h6,8-10,12,14,24,26H,1,7,11,13,15H2,2-5H3/t23-/m1/s1. The molecule has 0 saturated carbocycles. The molecule has 0 heterocycles. The van der Waals surface area contributed by atoms with Crippen LogP contribution in [-0.4, -0.2) is 21.8 Å². The lowest BCUT2D eigenvalue weighted by Crippen LogP contribution is -2.18. The monoisotopic (exact) mass is 370 g/mol. The van der Waals surface area contributed by atoms with Crippen molar-refractivity contribution < 1.29 is 19.8 Å². The first-order chi connectivity index (χ1) is 12.6. The van der Waals surface area contributed by atoms with Gasteiger partial charge >= 0.3 is 0 Å². The minimum Gasteiger partial charge on any atom is -0.508 e. The second-order valence-corrected chi connectivity index (χ2v) is 7.61. The molecule has 146 valence electrons. The van der Waals surface area contributed by atoms with Gasteiger partial charge in [-0.3, -0.25) is 9.59 Å². The molecule has 1 atom stereocenters. The Morgan fingerprint density at radius 1 is 1.19 bits per heavy atom. The number of rotatable bonds is 10. The number of Topliss-reactive ketones (excluding diaryl/α,β-unsaturated/α-hetero) is 1. The molecule has 0 amide bonds. The minimum absolute atomic E-state index is 0.0844. The van der Waals surface area contributed by atoms with Crippen molar-refractivity contribution in [1.29, 1.82) is 0 Å². The van der Waals surface area contributed by atoms with Gasteiger partial charge in [0.25, 0.3) is 0 Å². The van der Waals surface area contributed by atoms with Crippen molar-refractivity contribution in [2.45, 2.75) is 53.4 Å². The maximum Gasteiger partial charge on any atom is 0.167 e. The number of hydrogen-bond acceptors (Lipinski definition) is 4. The predicted molar refractivity (Wildman–Crippen MR) is 109 cm³/mol. The van der Waals surface area contributed by atoms with Gasteiger partial charge < -0.3 is 10.2 Å². The maximum absolute atomic E-state index is 12.5. The van der Waals surface area contributed by atoms with Crippen LogP contribution in [-0.2, 0) is 4.79 Å². The molecule has 0 spiro atoms. The highest BCUT2D eigenvalue weighted by atomic mass is 16.3. The van der Waals surface area contributed by atoms with E-state index in [4.69, 9.17) is 0 Å². The van der Waals surface area contributed by atoms with Gasteiger partial charge in [0.05, 0.1) is 5.56 Å². The molecule has 0 aliphatic carbocycles. The summed E-state index contributed by atoms with van der Waals surface area (Å²) in [6, 6.07) is 3.97. The summed E-state index contributed by atoms with van der Waals surface area (Å²) in [5, 5.41) is 19.2. The van der Waals surface area contributed by atoms with Crippen LogP contribution < -0.4 is 0 Å². The quantitative estimate of drug-likeness (QED) is 0.323. The van der Waals surface area contributed by atoms with Crippen LogP contribution >= 0.6 is 0 Å². The van der Waals surface area contributed by atoms with Crippen LogP contribution in [0.25, 0.3) is 0 Å². The van der Waals surface area contributed by atoms with E-state index in [9.17, 15) is 19.8 Å². The maximum atomic E-state index is 12.5. The van der Waals surface area contributed by atoms with Crippen LogP contribution in [0.15, 0.2) is 54.2 Å². The van der Waals surface area contributed by atoms with Crippen molar-refractivity contribution >= 4 is 11.6 Å². The highest BCUT2D eigenvalue weighted by Crippen LogP contribution is 2.33. The van der Waals surface area contributed by atoms with Crippen molar-refractivity contribution in [2.75, 3.05) is 0 Å². The van der Waals surface area contributed by atoms with E-state index < -0.39 is 5.41 Å². The summed E-state index contributed by atoms with van der Waals surface area (Å²) in [4.78, 5) is 24.4. The molecule has 0 bridgehead atoms. The summed E-state index contributed by atoms with van der Waals surface area (Å²) in [7, 11) is 0. The lowest BCUT2D eigenvalue weighted by Gasteiger charge is -2.24. The fourth-order valence-corrected chi connectivity index (χ4v) is 2.85. The Bertz CT molecular complexity index is 767. The zero-order valence-electron chi connectivity index (χ0n) is 16.7. The van der Waals surface area contributed by atoms with Crippen LogP contribution in [0.2, 0.25) is 0 Å². The van der Waals surface area contributed by atoms with Crippen LogP contribution in [0.4, 0.5) is 0 Å². The van der Waals surface area contributed by atoms with E-state index in [-0.39, 0.29) is 35.0 Å². The Kier molecular flexibility index (Phi) is 8.23. The predicted octanol–water partition coefficient (Wildman–Crippen LogP) is 5.51. The third-order valence-electron chi connectivity index (χ3n) is 4.45. The number of aromatic hydroxyl groups is 2. The molecule has 0 fully saturated rings. The topological polar surface area (TPSA) is 74.6 Å². The zero-order valence-corrected chi connectivity index (χ0v) is 16.7. The first-order valence-electron chi connectivity index (χ1n) is 9.08. The van der Waals surface area contributed by atoms with Crippen LogP contribution in [0.1, 0.15) is 63.7 Å². The summed E-state index contributed by atoms with van der Waals surface area (Å²) in [6.45, 7) is 11.5. The molecule has 0 radical (unpaired) electrons. The van der Waals surface area contributed by atoms with E-state index in [1.54, 1.807) is 12.2 Å². The molecule has 1 aromatic rings. The van der Waals surface area contributed by atoms with Crippen molar-refractivity contribution in [3.8, 4) is 11.5 Å². The fourth-order valence-electron chi connectivity index (χ4n) is 2.85. The Morgan fingerprint density at radius 3 is 2.41 bits per heavy atom. The number of ketones is 2. The second kappa shape index (κ2) is 9.91. The van der Waals surface area contributed by atoms with Gasteiger partial charge in [0.15, 0.2) is 11.6 Å². The van der Waals surface area contributed by atoms with Crippen LogP contribution in [0, 0.1) is 5.41 Å². The lowest BCUT2D eigenvalue weighted by atomic mass is 9.79. The Hall–Kier alpha value is -2.62. The van der Waals surface area contributed by atoms with Crippen molar-refractivity contribution in [1.82, 2.24) is 0 Å². The van der Waals surface area contributed by atoms with Gasteiger partial charge in [0, 0.05) is 18.9 Å². The largest absolute Gasteiger partial charge is 0.508 e. The van der Waals surface area contributed by atoms with E-state index >= 15 is 0 Å². The van der Waals surface area contributed by atoms with Gasteiger partial charge in [-0.2, -0.15) is 0 Å². The van der Waals surface area contributed by atoms with E-state index in [2.05, 4.69) is 6.58 Å². The molecule has 4 nitrogen and oxygen atoms in total. The molecular formula is C23H30O4. The molecule has 0 aromatic heterocycles. The van der Waals surface area contributed by atoms with Gasteiger partial charge in [-0.15, -0.1) is 6.58 Å². The zero-order chi connectivity index (χ0) is 20.6. The molecule has 27 heavy (non-hydrogen) atoms. The highest BCUT2D eigenvalue weighted by molar-refractivity contribution is 5.99. The number of phenolic OH excluding ortho intramolecular Hbond substituents is 2. The molecule has 0 aliphatic heterocycles. The Balaban J connectivity index is 2.71. The number of carbonyl (C=O) groups is 2. The van der Waals surface area contributed by atoms with Gasteiger partial charge in [0.2, 0.25) is 0 Å². The molecule has 0 saturated heterocycles. The summed E-state index contributed by atoms with van der Waals surface area (Å²) in [6.07, 6.45) is 7.48. The first kappa shape index (κ1) is 22.4. The van der Waals surface area contributed by atoms with Gasteiger partial charge in [-0.1, -0.05) is 30.2 Å². The molecule has 2 N–H and O–H groups in total. The Labute approximate surface area is 161 Å². The van der Waals surface area contributed by atoms with E-state index in [1.165, 1.54) is 12.1 Å². The summed E-state index contributed by atoms with van der Waals surface area (Å²) in [5.41, 5.74) is 1.76. The van der Waals surface area contributed by atoms with Crippen molar-refractivity contribution in [3.63, 3.8) is 0 Å². The minimum atomic E-state index is -0.428. The lowest BCUT2D eigenvalue weighted by molar-refractivity contribution is -0.114. The van der Waals surface area contributed by atoms with E-state index in [0.717, 1.165) is 23.6 Å². The van der Waals surface area contributed by atoms with Gasteiger partial charge in [0.1, 0.15) is 11.5 Å². The van der Waals surface area contributed by atoms with Crippen LogP contribution in [0.3, 0.4) is 0 Å². The van der Waals surface area contributed by atoms with Crippen molar-refractivity contribution in [3.05, 3.63) is 59.7 Å². The van der Waals surface area contributed by atoms with E-state index in [1.807, 2.05) is 33.8 Å². The molecular weight excluding hydrogens is 340 g/mol. The van der Waals surface area contributed by atoms with Crippen LogP contribution in [0.5, 0.6) is 11.5 Å².